The van der Waals surface area contributed by atoms with Gasteiger partial charge in [-0.25, -0.2) is 15.0 Å². The molecule has 0 fully saturated rings. The molecule has 22 heavy (non-hydrogen) atoms. The van der Waals surface area contributed by atoms with Crippen molar-refractivity contribution in [1.82, 2.24) is 24.5 Å². The Bertz CT molecular complexity index is 811. The summed E-state index contributed by atoms with van der Waals surface area (Å²) in [6, 6.07) is 2.05. The van der Waals surface area contributed by atoms with Gasteiger partial charge in [0.2, 0.25) is 0 Å². The molecule has 114 valence electrons. The molecule has 0 radical (unpaired) electrons. The third kappa shape index (κ3) is 2.76. The van der Waals surface area contributed by atoms with Crippen molar-refractivity contribution in [2.24, 2.45) is 0 Å². The van der Waals surface area contributed by atoms with Crippen molar-refractivity contribution in [3.8, 4) is 0 Å². The molecule has 0 aromatic carbocycles. The normalized spacial score (nSPS) is 11.3. The van der Waals surface area contributed by atoms with Crippen LogP contribution in [0.2, 0.25) is 0 Å². The van der Waals surface area contributed by atoms with Crippen molar-refractivity contribution in [2.45, 2.75) is 40.2 Å². The number of pyridine rings is 1. The summed E-state index contributed by atoms with van der Waals surface area (Å²) >= 11 is 1.43. The summed E-state index contributed by atoms with van der Waals surface area (Å²) in [5.41, 5.74) is 3.85. The van der Waals surface area contributed by atoms with Crippen LogP contribution in [0.3, 0.4) is 0 Å². The predicted octanol–water partition coefficient (Wildman–Crippen LogP) is 3.23. The fourth-order valence-electron chi connectivity index (χ4n) is 2.48. The smallest absolute Gasteiger partial charge is 0.165 e. The molecule has 6 nitrogen and oxygen atoms in total. The summed E-state index contributed by atoms with van der Waals surface area (Å²) in [5, 5.41) is 8.56. The largest absolute Gasteiger partial charge is 0.364 e. The quantitative estimate of drug-likeness (QED) is 0.796. The fraction of sp³-hybridized carbons (Fsp3) is 0.400. The van der Waals surface area contributed by atoms with E-state index in [0.717, 1.165) is 38.7 Å². The third-order valence-electron chi connectivity index (χ3n) is 3.48. The van der Waals surface area contributed by atoms with Gasteiger partial charge in [-0.1, -0.05) is 18.3 Å². The highest BCUT2D eigenvalue weighted by Crippen LogP contribution is 2.25. The second-order valence-corrected chi connectivity index (χ2v) is 6.43. The lowest BCUT2D eigenvalue weighted by Gasteiger charge is -2.10. The topological polar surface area (TPSA) is 76.5 Å². The van der Waals surface area contributed by atoms with E-state index in [1.54, 1.807) is 6.33 Å². The average molecular weight is 314 g/mol. The zero-order valence-electron chi connectivity index (χ0n) is 13.1. The molecule has 0 spiro atoms. The second kappa shape index (κ2) is 5.92. The van der Waals surface area contributed by atoms with E-state index in [4.69, 9.17) is 0 Å². The van der Waals surface area contributed by atoms with Crippen LogP contribution in [0.15, 0.2) is 12.4 Å². The lowest BCUT2D eigenvalue weighted by molar-refractivity contribution is 0.798. The Balaban J connectivity index is 1.93. The molecule has 0 bridgehead atoms. The number of nitrogens with one attached hydrogen (secondary N) is 1. The van der Waals surface area contributed by atoms with Gasteiger partial charge in [0, 0.05) is 5.69 Å². The molecular weight excluding hydrogens is 296 g/mol. The van der Waals surface area contributed by atoms with E-state index in [1.165, 1.54) is 11.5 Å². The highest BCUT2D eigenvalue weighted by molar-refractivity contribution is 7.05. The summed E-state index contributed by atoms with van der Waals surface area (Å²) in [5.74, 6) is 1.17. The molecule has 0 atom stereocenters. The third-order valence-corrected chi connectivity index (χ3v) is 4.21. The SMILES string of the molecule is Cc1cc(C)c2c(NCc3snnc3C(C)C)ncnc2n1. The first kappa shape index (κ1) is 14.8. The van der Waals surface area contributed by atoms with Crippen molar-refractivity contribution in [2.75, 3.05) is 5.32 Å². The van der Waals surface area contributed by atoms with Crippen molar-refractivity contribution < 1.29 is 0 Å². The highest BCUT2D eigenvalue weighted by atomic mass is 32.1. The van der Waals surface area contributed by atoms with E-state index in [2.05, 4.69) is 50.6 Å². The van der Waals surface area contributed by atoms with Gasteiger partial charge in [-0.2, -0.15) is 0 Å². The van der Waals surface area contributed by atoms with E-state index in [-0.39, 0.29) is 0 Å². The van der Waals surface area contributed by atoms with Crippen LogP contribution < -0.4 is 5.32 Å². The lowest BCUT2D eigenvalue weighted by Crippen LogP contribution is -2.05. The molecule has 0 aliphatic rings. The molecule has 0 amide bonds. The van der Waals surface area contributed by atoms with Crippen molar-refractivity contribution >= 4 is 28.4 Å². The van der Waals surface area contributed by atoms with E-state index >= 15 is 0 Å². The van der Waals surface area contributed by atoms with Crippen LogP contribution in [0.1, 0.15) is 41.6 Å². The Morgan fingerprint density at radius 2 is 2.05 bits per heavy atom. The van der Waals surface area contributed by atoms with E-state index in [1.807, 2.05) is 13.0 Å². The zero-order chi connectivity index (χ0) is 15.7. The van der Waals surface area contributed by atoms with E-state index in [0.29, 0.717) is 12.5 Å². The Kier molecular flexibility index (Phi) is 3.98. The Morgan fingerprint density at radius 1 is 1.23 bits per heavy atom. The van der Waals surface area contributed by atoms with Crippen LogP contribution in [0.4, 0.5) is 5.82 Å². The van der Waals surface area contributed by atoms with E-state index in [9.17, 15) is 0 Å². The van der Waals surface area contributed by atoms with Crippen LogP contribution in [0.5, 0.6) is 0 Å². The van der Waals surface area contributed by atoms with Gasteiger partial charge >= 0.3 is 0 Å². The predicted molar refractivity (Wildman–Crippen MR) is 88.1 cm³/mol. The number of hydrogen-bond donors (Lipinski definition) is 1. The Labute approximate surface area is 133 Å². The number of nitrogens with zero attached hydrogens (tertiary/aromatic N) is 5. The molecule has 0 unspecified atom stereocenters. The molecule has 0 aliphatic carbocycles. The molecule has 1 N–H and O–H groups in total. The molecule has 0 aliphatic heterocycles. The first-order chi connectivity index (χ1) is 10.6. The maximum Gasteiger partial charge on any atom is 0.165 e. The van der Waals surface area contributed by atoms with Crippen LogP contribution in [0, 0.1) is 13.8 Å². The number of aryl methyl sites for hydroxylation is 2. The summed E-state index contributed by atoms with van der Waals surface area (Å²) in [7, 11) is 0. The summed E-state index contributed by atoms with van der Waals surface area (Å²) in [4.78, 5) is 14.3. The zero-order valence-corrected chi connectivity index (χ0v) is 13.9. The fourth-order valence-corrected chi connectivity index (χ4v) is 3.22. The molecule has 3 rings (SSSR count). The van der Waals surface area contributed by atoms with Gasteiger partial charge in [0.25, 0.3) is 0 Å². The minimum absolute atomic E-state index is 0.365. The minimum Gasteiger partial charge on any atom is -0.364 e. The molecule has 3 aromatic rings. The Hall–Kier alpha value is -2.15. The van der Waals surface area contributed by atoms with Gasteiger partial charge in [-0.3, -0.25) is 0 Å². The van der Waals surface area contributed by atoms with Crippen LogP contribution in [-0.2, 0) is 6.54 Å². The van der Waals surface area contributed by atoms with Crippen LogP contribution in [-0.4, -0.2) is 24.5 Å². The number of anilines is 1. The van der Waals surface area contributed by atoms with Gasteiger partial charge in [0.05, 0.1) is 22.5 Å². The second-order valence-electron chi connectivity index (χ2n) is 5.59. The van der Waals surface area contributed by atoms with Crippen LogP contribution >= 0.6 is 11.5 Å². The molecule has 3 aromatic heterocycles. The molecule has 0 saturated carbocycles. The lowest BCUT2D eigenvalue weighted by atomic mass is 10.1. The number of hydrogen-bond acceptors (Lipinski definition) is 7. The first-order valence-electron chi connectivity index (χ1n) is 7.20. The summed E-state index contributed by atoms with van der Waals surface area (Å²) in [6.07, 6.45) is 1.55. The summed E-state index contributed by atoms with van der Waals surface area (Å²) in [6.45, 7) is 8.93. The maximum absolute atomic E-state index is 4.47. The number of fused-ring (bicyclic) bond motifs is 1. The maximum atomic E-state index is 4.47. The highest BCUT2D eigenvalue weighted by Gasteiger charge is 2.13. The van der Waals surface area contributed by atoms with Crippen molar-refractivity contribution in [3.63, 3.8) is 0 Å². The average Bonchev–Trinajstić information content (AvgIpc) is 2.93. The molecular formula is C15H18N6S. The van der Waals surface area contributed by atoms with Gasteiger partial charge in [-0.15, -0.1) is 5.10 Å². The minimum atomic E-state index is 0.365. The molecule has 0 saturated heterocycles. The van der Waals surface area contributed by atoms with Crippen molar-refractivity contribution in [1.29, 1.82) is 0 Å². The van der Waals surface area contributed by atoms with E-state index < -0.39 is 0 Å². The molecule has 7 heteroatoms. The summed E-state index contributed by atoms with van der Waals surface area (Å²) < 4.78 is 4.05. The van der Waals surface area contributed by atoms with Gasteiger partial charge in [0.15, 0.2) is 5.65 Å². The Morgan fingerprint density at radius 3 is 2.82 bits per heavy atom. The van der Waals surface area contributed by atoms with Gasteiger partial charge < -0.3 is 5.32 Å². The monoisotopic (exact) mass is 314 g/mol. The van der Waals surface area contributed by atoms with Gasteiger partial charge in [0.1, 0.15) is 12.1 Å². The number of rotatable bonds is 4. The number of aromatic nitrogens is 5. The molecule has 3 heterocycles. The van der Waals surface area contributed by atoms with Crippen LogP contribution in [0.25, 0.3) is 11.0 Å². The first-order valence-corrected chi connectivity index (χ1v) is 7.97. The standard InChI is InChI=1S/C15H18N6S/c1-8(2)13-11(22-21-20-13)6-16-14-12-9(3)5-10(4)19-15(12)18-7-17-14/h5,7-8H,6H2,1-4H3,(H,16,17,18,19). The van der Waals surface area contributed by atoms with Gasteiger partial charge in [-0.05, 0) is 42.9 Å². The van der Waals surface area contributed by atoms with Crippen molar-refractivity contribution in [3.05, 3.63) is 34.2 Å².